The molecule has 1 aromatic rings. The largest absolute Gasteiger partial charge is 0.504 e. The zero-order valence-corrected chi connectivity index (χ0v) is 26.9. The van der Waals surface area contributed by atoms with Gasteiger partial charge in [0.15, 0.2) is 23.5 Å². The van der Waals surface area contributed by atoms with E-state index < -0.39 is 71.7 Å². The maximum absolute atomic E-state index is 13.8. The quantitative estimate of drug-likeness (QED) is 0.0374. The Balaban J connectivity index is 2.29. The van der Waals surface area contributed by atoms with E-state index >= 15 is 0 Å². The lowest BCUT2D eigenvalue weighted by molar-refractivity contribution is -0.147. The Labute approximate surface area is 272 Å². The van der Waals surface area contributed by atoms with Crippen LogP contribution in [0, 0.1) is 5.92 Å². The van der Waals surface area contributed by atoms with E-state index in [1.807, 2.05) is 13.8 Å². The van der Waals surface area contributed by atoms with Crippen LogP contribution < -0.4 is 33.2 Å². The number of benzene rings is 1. The number of carbonyl (C=O) groups is 5. The van der Waals surface area contributed by atoms with Crippen LogP contribution >= 0.6 is 0 Å². The Morgan fingerprint density at radius 2 is 1.66 bits per heavy atom. The predicted octanol–water partition coefficient (Wildman–Crippen LogP) is -2.02. The number of carboxylic acid groups (broad SMARTS) is 1. The lowest BCUT2D eigenvalue weighted by Gasteiger charge is -2.31. The Hall–Kier alpha value is -4.64. The molecule has 17 nitrogen and oxygen atoms in total. The second-order valence-corrected chi connectivity index (χ2v) is 12.1. The van der Waals surface area contributed by atoms with Crippen LogP contribution in [0.1, 0.15) is 58.4 Å². The van der Waals surface area contributed by atoms with E-state index in [2.05, 4.69) is 20.9 Å². The number of phenols is 2. The van der Waals surface area contributed by atoms with Gasteiger partial charge in [0.1, 0.15) is 18.1 Å². The fourth-order valence-electron chi connectivity index (χ4n) is 5.18. The summed E-state index contributed by atoms with van der Waals surface area (Å²) in [7, 11) is 0. The number of hydrogen-bond donors (Lipinski definition) is 10. The molecule has 1 saturated heterocycles. The number of guanidine groups is 1. The summed E-state index contributed by atoms with van der Waals surface area (Å²) in [5.74, 6) is -5.16. The molecule has 0 aromatic heterocycles. The average Bonchev–Trinajstić information content (AvgIpc) is 3.48. The smallest absolute Gasteiger partial charge is 0.328 e. The first-order chi connectivity index (χ1) is 22.0. The first-order valence-corrected chi connectivity index (χ1v) is 15.5. The van der Waals surface area contributed by atoms with E-state index in [0.29, 0.717) is 18.4 Å². The molecule has 17 heteroatoms. The van der Waals surface area contributed by atoms with Crippen LogP contribution in [0.15, 0.2) is 23.2 Å². The zero-order chi connectivity index (χ0) is 35.4. The number of nitrogens with one attached hydrogen (secondary N) is 3. The number of likely N-dealkylation sites (tertiary alicyclic amines) is 1. The summed E-state index contributed by atoms with van der Waals surface area (Å²) in [5.41, 5.74) is 17.1. The van der Waals surface area contributed by atoms with E-state index in [0.717, 1.165) is 0 Å². The van der Waals surface area contributed by atoms with Crippen molar-refractivity contribution in [3.63, 3.8) is 0 Å². The monoisotopic (exact) mass is 664 g/mol. The van der Waals surface area contributed by atoms with Crippen molar-refractivity contribution in [3.05, 3.63) is 23.8 Å². The summed E-state index contributed by atoms with van der Waals surface area (Å²) in [6.07, 6.45) is -0.0788. The molecule has 0 bridgehead atoms. The van der Waals surface area contributed by atoms with Gasteiger partial charge < -0.3 is 58.5 Å². The van der Waals surface area contributed by atoms with Crippen molar-refractivity contribution in [1.29, 1.82) is 0 Å². The number of phenolic OH excluding ortho intramolecular Hbond substituents is 2. The fourth-order valence-corrected chi connectivity index (χ4v) is 5.18. The maximum Gasteiger partial charge on any atom is 0.328 e. The highest BCUT2D eigenvalue weighted by atomic mass is 16.4. The summed E-state index contributed by atoms with van der Waals surface area (Å²) in [6.45, 7) is 5.31. The number of hydrogen-bond acceptors (Lipinski definition) is 10. The van der Waals surface area contributed by atoms with Crippen molar-refractivity contribution in [2.75, 3.05) is 13.1 Å². The van der Waals surface area contributed by atoms with E-state index in [9.17, 15) is 44.4 Å². The van der Waals surface area contributed by atoms with Gasteiger partial charge >= 0.3 is 5.97 Å². The molecule has 2 rings (SSSR count). The number of rotatable bonds is 17. The molecule has 1 aliphatic heterocycles. The molecule has 1 aliphatic rings. The zero-order valence-electron chi connectivity index (χ0n) is 26.9. The highest BCUT2D eigenvalue weighted by Gasteiger charge is 2.40. The molecule has 0 unspecified atom stereocenters. The van der Waals surface area contributed by atoms with Crippen molar-refractivity contribution < 1.29 is 44.4 Å². The van der Waals surface area contributed by atoms with Gasteiger partial charge in [-0.1, -0.05) is 19.9 Å². The SMILES string of the molecule is CC(C)C[C@H](NC(=O)[C@H](Cc1ccc(O)c(O)c1)NC(=O)[C@@H](N)CCCN=C(N)N)C(=O)N1CCC[C@H]1C(=O)N[C@H](C(=O)O)[C@@H](C)O. The van der Waals surface area contributed by atoms with E-state index in [1.54, 1.807) is 0 Å². The Morgan fingerprint density at radius 3 is 2.23 bits per heavy atom. The summed E-state index contributed by atoms with van der Waals surface area (Å²) in [5, 5.41) is 46.5. The van der Waals surface area contributed by atoms with Crippen LogP contribution in [0.3, 0.4) is 0 Å². The van der Waals surface area contributed by atoms with Gasteiger partial charge in [-0.2, -0.15) is 0 Å². The average molecular weight is 665 g/mol. The number of amides is 4. The third kappa shape index (κ3) is 11.9. The number of nitrogens with two attached hydrogens (primary N) is 3. The van der Waals surface area contributed by atoms with Crippen LogP contribution in [-0.2, 0) is 30.4 Å². The Kier molecular flexibility index (Phi) is 14.7. The van der Waals surface area contributed by atoms with Gasteiger partial charge in [0, 0.05) is 19.5 Å². The molecular formula is C30H48N8O9. The number of aliphatic hydroxyl groups excluding tert-OH is 1. The third-order valence-corrected chi connectivity index (χ3v) is 7.62. The van der Waals surface area contributed by atoms with Crippen molar-refractivity contribution in [3.8, 4) is 11.5 Å². The molecule has 6 atom stereocenters. The minimum absolute atomic E-state index is 0.0912. The number of carbonyl (C=O) groups excluding carboxylic acids is 4. The van der Waals surface area contributed by atoms with Crippen LogP contribution in [0.25, 0.3) is 0 Å². The van der Waals surface area contributed by atoms with Gasteiger partial charge in [-0.05, 0) is 62.6 Å². The fraction of sp³-hybridized carbons (Fsp3) is 0.600. The van der Waals surface area contributed by atoms with Crippen LogP contribution in [0.4, 0.5) is 0 Å². The standard InChI is InChI=1S/C30H48N8O9/c1-15(2)12-20(28(45)38-11-5-7-21(38)27(44)37-24(16(3)39)29(46)47)36-26(43)19(13-17-8-9-22(40)23(41)14-17)35-25(42)18(31)6-4-10-34-30(32)33/h8-9,14-16,18-21,24,39-41H,4-7,10-13,31H2,1-3H3,(H,35,42)(H,36,43)(H,37,44)(H,46,47)(H4,32,33,34)/t16-,18+,19+,20+,21+,24+/m1/s1. The van der Waals surface area contributed by atoms with Gasteiger partial charge in [-0.15, -0.1) is 0 Å². The lowest BCUT2D eigenvalue weighted by Crippen LogP contribution is -2.59. The summed E-state index contributed by atoms with van der Waals surface area (Å²) < 4.78 is 0. The number of aromatic hydroxyl groups is 2. The van der Waals surface area contributed by atoms with Gasteiger partial charge in [0.05, 0.1) is 12.1 Å². The minimum Gasteiger partial charge on any atom is -0.504 e. The molecule has 0 spiro atoms. The van der Waals surface area contributed by atoms with Gasteiger partial charge in [0.25, 0.3) is 0 Å². The van der Waals surface area contributed by atoms with E-state index in [4.69, 9.17) is 17.2 Å². The first kappa shape index (κ1) is 38.5. The van der Waals surface area contributed by atoms with E-state index in [-0.39, 0.29) is 56.4 Å². The van der Waals surface area contributed by atoms with Gasteiger partial charge in [0.2, 0.25) is 23.6 Å². The molecule has 1 heterocycles. The lowest BCUT2D eigenvalue weighted by atomic mass is 9.99. The molecule has 1 aromatic carbocycles. The highest BCUT2D eigenvalue weighted by Crippen LogP contribution is 2.26. The number of carboxylic acids is 1. The molecule has 47 heavy (non-hydrogen) atoms. The summed E-state index contributed by atoms with van der Waals surface area (Å²) in [4.78, 5) is 70.3. The van der Waals surface area contributed by atoms with Crippen LogP contribution in [0.2, 0.25) is 0 Å². The van der Waals surface area contributed by atoms with Crippen LogP contribution in [0.5, 0.6) is 11.5 Å². The summed E-state index contributed by atoms with van der Waals surface area (Å²) in [6, 6.07) is -2.10. The van der Waals surface area contributed by atoms with Gasteiger partial charge in [-0.25, -0.2) is 4.79 Å². The maximum atomic E-state index is 13.8. The molecular weight excluding hydrogens is 616 g/mol. The molecule has 0 radical (unpaired) electrons. The topological polar surface area (TPSA) is 296 Å². The van der Waals surface area contributed by atoms with Gasteiger partial charge in [-0.3, -0.25) is 24.2 Å². The van der Waals surface area contributed by atoms with Crippen molar-refractivity contribution in [2.45, 2.75) is 95.6 Å². The molecule has 0 aliphatic carbocycles. The third-order valence-electron chi connectivity index (χ3n) is 7.62. The normalized spacial score (nSPS) is 17.6. The predicted molar refractivity (Wildman–Crippen MR) is 171 cm³/mol. The Bertz CT molecular complexity index is 1300. The number of nitrogens with zero attached hydrogens (tertiary/aromatic N) is 2. The number of aliphatic imine (C=N–C) groups is 1. The van der Waals surface area contributed by atoms with Crippen molar-refractivity contribution in [2.24, 2.45) is 28.1 Å². The second-order valence-electron chi connectivity index (χ2n) is 12.1. The minimum atomic E-state index is -1.58. The highest BCUT2D eigenvalue weighted by molar-refractivity contribution is 5.96. The van der Waals surface area contributed by atoms with Crippen LogP contribution in [-0.4, -0.2) is 110 Å². The number of aliphatic carboxylic acids is 1. The molecule has 1 fully saturated rings. The van der Waals surface area contributed by atoms with Crippen molar-refractivity contribution in [1.82, 2.24) is 20.9 Å². The van der Waals surface area contributed by atoms with Crippen molar-refractivity contribution >= 4 is 35.6 Å². The second kappa shape index (κ2) is 17.9. The molecule has 4 amide bonds. The molecule has 262 valence electrons. The Morgan fingerprint density at radius 1 is 1.00 bits per heavy atom. The first-order valence-electron chi connectivity index (χ1n) is 15.5. The number of aliphatic hydroxyl groups is 1. The molecule has 0 saturated carbocycles. The molecule has 13 N–H and O–H groups in total. The van der Waals surface area contributed by atoms with E-state index in [1.165, 1.54) is 30.0 Å². The summed E-state index contributed by atoms with van der Waals surface area (Å²) >= 11 is 0.